The predicted molar refractivity (Wildman–Crippen MR) is 78.5 cm³/mol. The van der Waals surface area contributed by atoms with Crippen LogP contribution in [0.5, 0.6) is 0 Å². The van der Waals surface area contributed by atoms with Gasteiger partial charge in [0.25, 0.3) is 5.91 Å². The number of carboxylic acids is 1. The fourth-order valence-corrected chi connectivity index (χ4v) is 2.03. The van der Waals surface area contributed by atoms with E-state index in [2.05, 4.69) is 31.6 Å². The summed E-state index contributed by atoms with van der Waals surface area (Å²) in [6, 6.07) is 4.85. The Labute approximate surface area is 133 Å². The third-order valence-corrected chi connectivity index (χ3v) is 3.78. The van der Waals surface area contributed by atoms with Crippen LogP contribution in [-0.4, -0.2) is 38.5 Å². The lowest BCUT2D eigenvalue weighted by atomic mass is 10.2. The lowest BCUT2D eigenvalue weighted by molar-refractivity contribution is 0.0690. The molecule has 9 heteroatoms. The molecule has 0 bridgehead atoms. The van der Waals surface area contributed by atoms with Gasteiger partial charge in [-0.3, -0.25) is 4.79 Å². The summed E-state index contributed by atoms with van der Waals surface area (Å²) in [5, 5.41) is 19.0. The average molecular weight is 374 g/mol. The van der Waals surface area contributed by atoms with Gasteiger partial charge in [0.1, 0.15) is 0 Å². The first-order valence-corrected chi connectivity index (χ1v) is 7.01. The van der Waals surface area contributed by atoms with Gasteiger partial charge in [0, 0.05) is 16.6 Å². The highest BCUT2D eigenvalue weighted by Crippen LogP contribution is 2.23. The maximum atomic E-state index is 11.9. The molecular weight excluding hydrogens is 364 g/mol. The zero-order valence-electron chi connectivity index (χ0n) is 10.6. The number of amides is 1. The zero-order valence-corrected chi connectivity index (χ0v) is 12.9. The molecule has 0 unspecified atom stereocenters. The second-order valence-electron chi connectivity index (χ2n) is 4.06. The predicted octanol–water partition coefficient (Wildman–Crippen LogP) is 1.82. The van der Waals surface area contributed by atoms with Crippen LogP contribution in [0.1, 0.15) is 20.8 Å². The Morgan fingerprint density at radius 3 is 2.81 bits per heavy atom. The SMILES string of the molecule is O=C(NCCn1cc(C(=O)O)nn1)c1ccc(Cl)c(Br)c1. The summed E-state index contributed by atoms with van der Waals surface area (Å²) in [4.78, 5) is 22.5. The minimum Gasteiger partial charge on any atom is -0.476 e. The summed E-state index contributed by atoms with van der Waals surface area (Å²) >= 11 is 9.10. The van der Waals surface area contributed by atoms with E-state index in [1.54, 1.807) is 18.2 Å². The van der Waals surface area contributed by atoms with Crippen molar-refractivity contribution >= 4 is 39.4 Å². The first kappa shape index (κ1) is 15.5. The molecule has 1 amide bonds. The highest BCUT2D eigenvalue weighted by molar-refractivity contribution is 9.10. The van der Waals surface area contributed by atoms with Gasteiger partial charge < -0.3 is 10.4 Å². The van der Waals surface area contributed by atoms with Crippen molar-refractivity contribution in [3.8, 4) is 0 Å². The van der Waals surface area contributed by atoms with Crippen LogP contribution in [0, 0.1) is 0 Å². The summed E-state index contributed by atoms with van der Waals surface area (Å²) < 4.78 is 1.99. The Kier molecular flexibility index (Phi) is 4.92. The molecule has 2 N–H and O–H groups in total. The molecule has 2 rings (SSSR count). The normalized spacial score (nSPS) is 10.4. The molecule has 1 aromatic carbocycles. The van der Waals surface area contributed by atoms with Crippen LogP contribution < -0.4 is 5.32 Å². The first-order valence-electron chi connectivity index (χ1n) is 5.84. The van der Waals surface area contributed by atoms with E-state index in [0.29, 0.717) is 28.1 Å². The molecule has 110 valence electrons. The van der Waals surface area contributed by atoms with E-state index in [1.807, 2.05) is 0 Å². The van der Waals surface area contributed by atoms with Crippen LogP contribution >= 0.6 is 27.5 Å². The molecule has 1 heterocycles. The molecule has 21 heavy (non-hydrogen) atoms. The van der Waals surface area contributed by atoms with Gasteiger partial charge in [-0.2, -0.15) is 0 Å². The van der Waals surface area contributed by atoms with Gasteiger partial charge in [0.15, 0.2) is 5.69 Å². The van der Waals surface area contributed by atoms with Crippen molar-refractivity contribution in [3.63, 3.8) is 0 Å². The van der Waals surface area contributed by atoms with Crippen molar-refractivity contribution in [1.29, 1.82) is 0 Å². The molecule has 0 aliphatic heterocycles. The summed E-state index contributed by atoms with van der Waals surface area (Å²) in [5.74, 6) is -1.40. The average Bonchev–Trinajstić information content (AvgIpc) is 2.91. The van der Waals surface area contributed by atoms with Crippen LogP contribution in [-0.2, 0) is 6.54 Å². The molecule has 0 aliphatic carbocycles. The Bertz CT molecular complexity index is 689. The number of carboxylic acid groups (broad SMARTS) is 1. The monoisotopic (exact) mass is 372 g/mol. The molecule has 7 nitrogen and oxygen atoms in total. The lowest BCUT2D eigenvalue weighted by Crippen LogP contribution is -2.27. The maximum Gasteiger partial charge on any atom is 0.358 e. The second kappa shape index (κ2) is 6.68. The number of aromatic carboxylic acids is 1. The van der Waals surface area contributed by atoms with E-state index >= 15 is 0 Å². The number of benzene rings is 1. The summed E-state index contributed by atoms with van der Waals surface area (Å²) in [6.45, 7) is 0.613. The van der Waals surface area contributed by atoms with E-state index < -0.39 is 5.97 Å². The fraction of sp³-hybridized carbons (Fsp3) is 0.167. The van der Waals surface area contributed by atoms with E-state index in [0.717, 1.165) is 0 Å². The third-order valence-electron chi connectivity index (χ3n) is 2.57. The Morgan fingerprint density at radius 1 is 1.43 bits per heavy atom. The lowest BCUT2D eigenvalue weighted by Gasteiger charge is -2.06. The molecule has 0 atom stereocenters. The van der Waals surface area contributed by atoms with Crippen molar-refractivity contribution in [2.24, 2.45) is 0 Å². The third kappa shape index (κ3) is 4.02. The van der Waals surface area contributed by atoms with Crippen LogP contribution in [0.4, 0.5) is 0 Å². The zero-order chi connectivity index (χ0) is 15.4. The molecule has 1 aromatic heterocycles. The highest BCUT2D eigenvalue weighted by atomic mass is 79.9. The van der Waals surface area contributed by atoms with Crippen molar-refractivity contribution in [1.82, 2.24) is 20.3 Å². The van der Waals surface area contributed by atoms with Crippen LogP contribution in [0.2, 0.25) is 5.02 Å². The van der Waals surface area contributed by atoms with Crippen molar-refractivity contribution in [2.75, 3.05) is 6.54 Å². The summed E-state index contributed by atoms with van der Waals surface area (Å²) in [6.07, 6.45) is 1.30. The maximum absolute atomic E-state index is 11.9. The molecular formula is C12H10BrClN4O3. The largest absolute Gasteiger partial charge is 0.476 e. The summed E-state index contributed by atoms with van der Waals surface area (Å²) in [7, 11) is 0. The van der Waals surface area contributed by atoms with Crippen molar-refractivity contribution in [3.05, 3.63) is 45.1 Å². The molecule has 0 fully saturated rings. The first-order chi connectivity index (χ1) is 9.97. The number of carbonyl (C=O) groups is 2. The summed E-state index contributed by atoms with van der Waals surface area (Å²) in [5.41, 5.74) is 0.332. The van der Waals surface area contributed by atoms with E-state index in [-0.39, 0.29) is 11.6 Å². The Morgan fingerprint density at radius 2 is 2.19 bits per heavy atom. The van der Waals surface area contributed by atoms with Crippen molar-refractivity contribution in [2.45, 2.75) is 6.54 Å². The number of hydrogen-bond donors (Lipinski definition) is 2. The fourth-order valence-electron chi connectivity index (χ4n) is 1.53. The Balaban J connectivity index is 1.88. The quantitative estimate of drug-likeness (QED) is 0.833. The van der Waals surface area contributed by atoms with E-state index in [9.17, 15) is 9.59 Å². The van der Waals surface area contributed by atoms with Crippen LogP contribution in [0.15, 0.2) is 28.9 Å². The molecule has 0 spiro atoms. The standard InChI is InChI=1S/C12H10BrClN4O3/c13-8-5-7(1-2-9(8)14)11(19)15-3-4-18-6-10(12(20)21)16-17-18/h1-2,5-6H,3-4H2,(H,15,19)(H,20,21). The molecule has 2 aromatic rings. The Hall–Kier alpha value is -1.93. The number of hydrogen-bond acceptors (Lipinski definition) is 4. The van der Waals surface area contributed by atoms with Gasteiger partial charge >= 0.3 is 5.97 Å². The number of nitrogens with one attached hydrogen (secondary N) is 1. The smallest absolute Gasteiger partial charge is 0.358 e. The number of halogens is 2. The number of nitrogens with zero attached hydrogens (tertiary/aromatic N) is 3. The molecule has 0 saturated carbocycles. The number of carbonyl (C=O) groups excluding carboxylic acids is 1. The van der Waals surface area contributed by atoms with Crippen LogP contribution in [0.25, 0.3) is 0 Å². The molecule has 0 radical (unpaired) electrons. The molecule has 0 saturated heterocycles. The minimum absolute atomic E-state index is 0.136. The van der Waals surface area contributed by atoms with E-state index in [4.69, 9.17) is 16.7 Å². The van der Waals surface area contributed by atoms with Gasteiger partial charge in [-0.15, -0.1) is 5.10 Å². The molecule has 0 aliphatic rings. The highest BCUT2D eigenvalue weighted by Gasteiger charge is 2.09. The van der Waals surface area contributed by atoms with Gasteiger partial charge in [-0.1, -0.05) is 16.8 Å². The van der Waals surface area contributed by atoms with Gasteiger partial charge in [0.2, 0.25) is 0 Å². The van der Waals surface area contributed by atoms with Gasteiger partial charge in [0.05, 0.1) is 17.8 Å². The second-order valence-corrected chi connectivity index (χ2v) is 5.32. The number of aromatic nitrogens is 3. The number of rotatable bonds is 5. The topological polar surface area (TPSA) is 97.1 Å². The van der Waals surface area contributed by atoms with Gasteiger partial charge in [-0.05, 0) is 34.1 Å². The van der Waals surface area contributed by atoms with Gasteiger partial charge in [-0.25, -0.2) is 9.48 Å². The van der Waals surface area contributed by atoms with E-state index in [1.165, 1.54) is 10.9 Å². The van der Waals surface area contributed by atoms with Crippen LogP contribution in [0.3, 0.4) is 0 Å². The minimum atomic E-state index is -1.14. The van der Waals surface area contributed by atoms with Crippen molar-refractivity contribution < 1.29 is 14.7 Å².